The van der Waals surface area contributed by atoms with E-state index in [2.05, 4.69) is 20.8 Å². The number of fused-ring (bicyclic) bond motifs is 1. The molecule has 0 unspecified atom stereocenters. The van der Waals surface area contributed by atoms with Gasteiger partial charge in [-0.3, -0.25) is 4.79 Å². The van der Waals surface area contributed by atoms with Gasteiger partial charge in [-0.15, -0.1) is 5.10 Å². The SMILES string of the molecule is CSc1nnnn1-c1cccc(NC(=O)C2(c3ccc4c(c3)OCCO4)CCCC2)c1. The summed E-state index contributed by atoms with van der Waals surface area (Å²) in [5, 5.41) is 15.6. The van der Waals surface area contributed by atoms with Crippen LogP contribution in [-0.2, 0) is 10.2 Å². The molecule has 9 heteroatoms. The molecule has 1 amide bonds. The van der Waals surface area contributed by atoms with E-state index >= 15 is 0 Å². The Labute approximate surface area is 184 Å². The summed E-state index contributed by atoms with van der Waals surface area (Å²) in [6, 6.07) is 13.5. The number of hydrogen-bond donors (Lipinski definition) is 1. The summed E-state index contributed by atoms with van der Waals surface area (Å²) >= 11 is 1.46. The minimum atomic E-state index is -0.578. The number of carbonyl (C=O) groups is 1. The van der Waals surface area contributed by atoms with Crippen molar-refractivity contribution in [2.75, 3.05) is 24.8 Å². The Morgan fingerprint density at radius 3 is 2.71 bits per heavy atom. The van der Waals surface area contributed by atoms with Crippen LogP contribution < -0.4 is 14.8 Å². The van der Waals surface area contributed by atoms with Crippen molar-refractivity contribution in [2.24, 2.45) is 0 Å². The fourth-order valence-corrected chi connectivity index (χ4v) is 4.83. The smallest absolute Gasteiger partial charge is 0.235 e. The van der Waals surface area contributed by atoms with Crippen molar-refractivity contribution in [3.8, 4) is 17.2 Å². The lowest BCUT2D eigenvalue weighted by molar-refractivity contribution is -0.121. The van der Waals surface area contributed by atoms with E-state index in [4.69, 9.17) is 9.47 Å². The van der Waals surface area contributed by atoms with E-state index < -0.39 is 5.41 Å². The highest BCUT2D eigenvalue weighted by Gasteiger charge is 2.43. The number of benzene rings is 2. The van der Waals surface area contributed by atoms with E-state index in [0.29, 0.717) is 29.8 Å². The Bertz CT molecular complexity index is 1110. The van der Waals surface area contributed by atoms with Crippen LogP contribution in [0.5, 0.6) is 11.5 Å². The highest BCUT2D eigenvalue weighted by atomic mass is 32.2. The van der Waals surface area contributed by atoms with Crippen LogP contribution >= 0.6 is 11.8 Å². The molecule has 8 nitrogen and oxygen atoms in total. The van der Waals surface area contributed by atoms with Crippen molar-refractivity contribution in [3.63, 3.8) is 0 Å². The zero-order valence-corrected chi connectivity index (χ0v) is 18.0. The number of nitrogens with zero attached hydrogens (tertiary/aromatic N) is 4. The van der Waals surface area contributed by atoms with Crippen molar-refractivity contribution < 1.29 is 14.3 Å². The van der Waals surface area contributed by atoms with E-state index in [1.165, 1.54) is 11.8 Å². The first kappa shape index (κ1) is 19.9. The lowest BCUT2D eigenvalue weighted by atomic mass is 9.77. The maximum atomic E-state index is 13.6. The fraction of sp³-hybridized carbons (Fsp3) is 0.364. The van der Waals surface area contributed by atoms with Crippen molar-refractivity contribution >= 4 is 23.4 Å². The van der Waals surface area contributed by atoms with Gasteiger partial charge in [0.2, 0.25) is 11.1 Å². The molecule has 1 aliphatic heterocycles. The lowest BCUT2D eigenvalue weighted by Crippen LogP contribution is -2.38. The molecule has 0 atom stereocenters. The molecule has 1 aliphatic carbocycles. The predicted molar refractivity (Wildman–Crippen MR) is 117 cm³/mol. The van der Waals surface area contributed by atoms with E-state index in [1.807, 2.05) is 48.7 Å². The second-order valence-corrected chi connectivity index (χ2v) is 8.50. The quantitative estimate of drug-likeness (QED) is 0.610. The first-order valence-electron chi connectivity index (χ1n) is 10.3. The molecular weight excluding hydrogens is 414 g/mol. The highest BCUT2D eigenvalue weighted by molar-refractivity contribution is 7.98. The third-order valence-electron chi connectivity index (χ3n) is 5.96. The van der Waals surface area contributed by atoms with Gasteiger partial charge in [-0.25, -0.2) is 0 Å². The summed E-state index contributed by atoms with van der Waals surface area (Å²) in [5.74, 6) is 1.45. The summed E-state index contributed by atoms with van der Waals surface area (Å²) in [7, 11) is 0. The highest BCUT2D eigenvalue weighted by Crippen LogP contribution is 2.45. The zero-order chi connectivity index (χ0) is 21.3. The monoisotopic (exact) mass is 437 g/mol. The van der Waals surface area contributed by atoms with Gasteiger partial charge < -0.3 is 14.8 Å². The maximum absolute atomic E-state index is 13.6. The third kappa shape index (κ3) is 3.63. The van der Waals surface area contributed by atoms with Crippen molar-refractivity contribution in [3.05, 3.63) is 48.0 Å². The molecular formula is C22H23N5O3S. The molecule has 2 heterocycles. The first-order chi connectivity index (χ1) is 15.2. The van der Waals surface area contributed by atoms with Crippen LogP contribution in [0.4, 0.5) is 5.69 Å². The summed E-state index contributed by atoms with van der Waals surface area (Å²) < 4.78 is 13.1. The van der Waals surface area contributed by atoms with Crippen molar-refractivity contribution in [1.82, 2.24) is 20.2 Å². The Balaban J connectivity index is 1.44. The standard InChI is InChI=1S/C22H23N5O3S/c1-31-21-24-25-26-27(21)17-6-4-5-16(14-17)23-20(28)22(9-2-3-10-22)15-7-8-18-19(13-15)30-12-11-29-18/h4-8,13-14H,2-3,9-12H2,1H3,(H,23,28). The average molecular weight is 438 g/mol. The fourth-order valence-electron chi connectivity index (χ4n) is 4.40. The zero-order valence-electron chi connectivity index (χ0n) is 17.2. The summed E-state index contributed by atoms with van der Waals surface area (Å²) in [6.07, 6.45) is 5.57. The summed E-state index contributed by atoms with van der Waals surface area (Å²) in [4.78, 5) is 13.6. The molecule has 0 spiro atoms. The molecule has 5 rings (SSSR count). The number of aromatic nitrogens is 4. The number of amides is 1. The number of thioether (sulfide) groups is 1. The Morgan fingerprint density at radius 1 is 1.10 bits per heavy atom. The molecule has 1 saturated carbocycles. The molecule has 2 aliphatic rings. The summed E-state index contributed by atoms with van der Waals surface area (Å²) in [6.45, 7) is 1.07. The normalized spacial score (nSPS) is 16.8. The van der Waals surface area contributed by atoms with Gasteiger partial charge in [0, 0.05) is 5.69 Å². The maximum Gasteiger partial charge on any atom is 0.235 e. The van der Waals surface area contributed by atoms with E-state index in [-0.39, 0.29) is 5.91 Å². The molecule has 2 aromatic carbocycles. The van der Waals surface area contributed by atoms with Crippen LogP contribution in [0.1, 0.15) is 31.2 Å². The third-order valence-corrected chi connectivity index (χ3v) is 6.58. The van der Waals surface area contributed by atoms with E-state index in [1.54, 1.807) is 4.68 Å². The first-order valence-corrected chi connectivity index (χ1v) is 11.6. The van der Waals surface area contributed by atoms with Gasteiger partial charge in [0.25, 0.3) is 0 Å². The van der Waals surface area contributed by atoms with E-state index in [9.17, 15) is 4.79 Å². The van der Waals surface area contributed by atoms with Crippen LogP contribution in [0, 0.1) is 0 Å². The van der Waals surface area contributed by atoms with Crippen LogP contribution in [0.25, 0.3) is 5.69 Å². The molecule has 3 aromatic rings. The second kappa shape index (κ2) is 8.22. The minimum Gasteiger partial charge on any atom is -0.486 e. The Morgan fingerprint density at radius 2 is 1.90 bits per heavy atom. The largest absolute Gasteiger partial charge is 0.486 e. The van der Waals surface area contributed by atoms with Gasteiger partial charge >= 0.3 is 0 Å². The van der Waals surface area contributed by atoms with Crippen LogP contribution in [0.15, 0.2) is 47.6 Å². The van der Waals surface area contributed by atoms with Gasteiger partial charge in [-0.1, -0.05) is 36.7 Å². The number of tetrazole rings is 1. The van der Waals surface area contributed by atoms with E-state index in [0.717, 1.165) is 42.7 Å². The van der Waals surface area contributed by atoms with Crippen LogP contribution in [0.3, 0.4) is 0 Å². The number of rotatable bonds is 5. The Hall–Kier alpha value is -3.07. The van der Waals surface area contributed by atoms with Gasteiger partial charge in [-0.05, 0) is 65.4 Å². The van der Waals surface area contributed by atoms with Gasteiger partial charge in [0.15, 0.2) is 11.5 Å². The lowest BCUT2D eigenvalue weighted by Gasteiger charge is -2.30. The van der Waals surface area contributed by atoms with Gasteiger partial charge in [-0.2, -0.15) is 4.68 Å². The molecule has 1 fully saturated rings. The number of carbonyl (C=O) groups excluding carboxylic acids is 1. The molecule has 1 aromatic heterocycles. The number of nitrogens with one attached hydrogen (secondary N) is 1. The topological polar surface area (TPSA) is 91.2 Å². The molecule has 160 valence electrons. The van der Waals surface area contributed by atoms with Crippen molar-refractivity contribution in [2.45, 2.75) is 36.3 Å². The molecule has 0 saturated heterocycles. The van der Waals surface area contributed by atoms with Crippen LogP contribution in [-0.4, -0.2) is 45.6 Å². The Kier molecular flexibility index (Phi) is 5.27. The number of hydrogen-bond acceptors (Lipinski definition) is 7. The number of anilines is 1. The van der Waals surface area contributed by atoms with Gasteiger partial charge in [0.1, 0.15) is 13.2 Å². The van der Waals surface area contributed by atoms with Crippen LogP contribution in [0.2, 0.25) is 0 Å². The van der Waals surface area contributed by atoms with Crippen molar-refractivity contribution in [1.29, 1.82) is 0 Å². The minimum absolute atomic E-state index is 0.000586. The number of ether oxygens (including phenoxy) is 2. The average Bonchev–Trinajstić information content (AvgIpc) is 3.49. The second-order valence-electron chi connectivity index (χ2n) is 7.73. The molecule has 0 radical (unpaired) electrons. The van der Waals surface area contributed by atoms with Gasteiger partial charge in [0.05, 0.1) is 11.1 Å². The molecule has 0 bridgehead atoms. The summed E-state index contributed by atoms with van der Waals surface area (Å²) in [5.41, 5.74) is 1.92. The molecule has 31 heavy (non-hydrogen) atoms. The predicted octanol–water partition coefficient (Wildman–Crippen LogP) is 3.61. The molecule has 1 N–H and O–H groups in total.